The number of rotatable bonds is 0. The maximum Gasteiger partial charge on any atom is 0.346 e. The molecule has 2 heterocycles. The summed E-state index contributed by atoms with van der Waals surface area (Å²) in [7, 11) is 0. The highest BCUT2D eigenvalue weighted by atomic mass is 16.1. The van der Waals surface area contributed by atoms with Crippen molar-refractivity contribution in [3.63, 3.8) is 0 Å². The van der Waals surface area contributed by atoms with Crippen molar-refractivity contribution < 1.29 is 0 Å². The number of aromatic nitrogens is 2. The molecule has 0 saturated heterocycles. The molecule has 0 amide bonds. The van der Waals surface area contributed by atoms with Gasteiger partial charge in [-0.25, -0.2) is 4.79 Å². The molecule has 5 nitrogen and oxygen atoms in total. The third kappa shape index (κ3) is 0.637. The van der Waals surface area contributed by atoms with Crippen molar-refractivity contribution in [2.75, 3.05) is 10.6 Å². The molecule has 3 N–H and O–H groups in total. The van der Waals surface area contributed by atoms with Gasteiger partial charge in [0.25, 0.3) is 0 Å². The lowest BCUT2D eigenvalue weighted by Gasteiger charge is -1.92. The summed E-state index contributed by atoms with van der Waals surface area (Å²) in [5.74, 6) is 0.611. The molecule has 0 aromatic carbocycles. The number of anilines is 2. The summed E-state index contributed by atoms with van der Waals surface area (Å²) in [6.45, 7) is 2.60. The molecule has 50 valence electrons. The molecule has 1 aromatic rings. The van der Waals surface area contributed by atoms with Crippen LogP contribution < -0.4 is 16.3 Å². The molecule has 0 atom stereocenters. The smallest absolute Gasteiger partial charge is 0.346 e. The minimum atomic E-state index is -0.364. The first-order valence-corrected chi connectivity index (χ1v) is 2.72. The van der Waals surface area contributed by atoms with Gasteiger partial charge in [0.1, 0.15) is 5.82 Å². The molecular weight excluding hydrogens is 132 g/mol. The molecule has 0 fully saturated rings. The largest absolute Gasteiger partial charge is 0.351 e. The van der Waals surface area contributed by atoms with Crippen LogP contribution in [0.5, 0.6) is 0 Å². The topological polar surface area (TPSA) is 69.8 Å². The standard InChI is InChI=1S/C5H4N4O/c10-5-6-1-3-4(9-5)8-2-7-3/h1,7H,(H2,6,8,9,10). The number of hydrogen-bond donors (Lipinski definition) is 3. The number of nitrogens with one attached hydrogen (secondary N) is 3. The van der Waals surface area contributed by atoms with E-state index in [1.54, 1.807) is 0 Å². The molecule has 1 aliphatic heterocycles. The Morgan fingerprint density at radius 2 is 2.40 bits per heavy atom. The second-order valence-corrected chi connectivity index (χ2v) is 1.85. The van der Waals surface area contributed by atoms with Crippen LogP contribution in [0.3, 0.4) is 0 Å². The summed E-state index contributed by atoms with van der Waals surface area (Å²) in [6, 6.07) is 0. The van der Waals surface area contributed by atoms with Crippen molar-refractivity contribution in [3.05, 3.63) is 23.3 Å². The van der Waals surface area contributed by atoms with Crippen LogP contribution in [0, 0.1) is 6.67 Å². The molecule has 0 aliphatic carbocycles. The fourth-order valence-corrected chi connectivity index (χ4v) is 0.749. The summed E-state index contributed by atoms with van der Waals surface area (Å²) < 4.78 is 0. The molecule has 5 heteroatoms. The predicted octanol–water partition coefficient (Wildman–Crippen LogP) is -0.396. The van der Waals surface area contributed by atoms with Crippen LogP contribution in [-0.2, 0) is 0 Å². The van der Waals surface area contributed by atoms with Gasteiger partial charge in [-0.05, 0) is 0 Å². The Hall–Kier alpha value is -1.52. The lowest BCUT2D eigenvalue weighted by atomic mass is 10.5. The number of H-pyrrole nitrogens is 1. The van der Waals surface area contributed by atoms with Gasteiger partial charge in [0.15, 0.2) is 0 Å². The normalized spacial score (nSPS) is 13.6. The number of aromatic amines is 1. The molecule has 0 saturated carbocycles. The molecule has 1 aromatic heterocycles. The van der Waals surface area contributed by atoms with E-state index >= 15 is 0 Å². The van der Waals surface area contributed by atoms with Crippen LogP contribution >= 0.6 is 0 Å². The summed E-state index contributed by atoms with van der Waals surface area (Å²) in [5, 5.41) is 5.42. The van der Waals surface area contributed by atoms with E-state index in [2.05, 4.69) is 27.3 Å². The fourth-order valence-electron chi connectivity index (χ4n) is 0.749. The summed E-state index contributed by atoms with van der Waals surface area (Å²) >= 11 is 0. The Kier molecular flexibility index (Phi) is 0.913. The minimum Gasteiger partial charge on any atom is -0.351 e. The molecule has 0 spiro atoms. The Balaban J connectivity index is 2.63. The lowest BCUT2D eigenvalue weighted by Crippen LogP contribution is -2.09. The Morgan fingerprint density at radius 1 is 1.50 bits per heavy atom. The van der Waals surface area contributed by atoms with E-state index in [1.807, 2.05) is 0 Å². The quantitative estimate of drug-likeness (QED) is 0.454. The zero-order valence-corrected chi connectivity index (χ0v) is 4.93. The summed E-state index contributed by atoms with van der Waals surface area (Å²) in [5.41, 5.74) is 0.372. The third-order valence-electron chi connectivity index (χ3n) is 1.20. The lowest BCUT2D eigenvalue weighted by molar-refractivity contribution is 1.09. The highest BCUT2D eigenvalue weighted by Gasteiger charge is 2.09. The third-order valence-corrected chi connectivity index (χ3v) is 1.20. The second kappa shape index (κ2) is 1.73. The van der Waals surface area contributed by atoms with Crippen LogP contribution in [0.25, 0.3) is 0 Å². The average Bonchev–Trinajstić information content (AvgIpc) is 2.33. The van der Waals surface area contributed by atoms with E-state index in [9.17, 15) is 4.79 Å². The van der Waals surface area contributed by atoms with Gasteiger partial charge in [-0.3, -0.25) is 4.98 Å². The SMILES string of the molecule is O=c1ncc2c([nH]1)N[C]N2. The Bertz CT molecular complexity index is 305. The Morgan fingerprint density at radius 3 is 3.30 bits per heavy atom. The van der Waals surface area contributed by atoms with E-state index in [1.165, 1.54) is 6.20 Å². The first-order valence-electron chi connectivity index (χ1n) is 2.72. The molecule has 10 heavy (non-hydrogen) atoms. The Labute approximate surface area is 56.5 Å². The zero-order valence-electron chi connectivity index (χ0n) is 4.93. The van der Waals surface area contributed by atoms with Crippen molar-refractivity contribution in [2.45, 2.75) is 0 Å². The first-order chi connectivity index (χ1) is 4.86. The number of hydrogen-bond acceptors (Lipinski definition) is 4. The van der Waals surface area contributed by atoms with Crippen molar-refractivity contribution in [3.8, 4) is 0 Å². The van der Waals surface area contributed by atoms with Crippen molar-refractivity contribution >= 4 is 11.5 Å². The highest BCUT2D eigenvalue weighted by Crippen LogP contribution is 2.20. The molecular formula is C5H4N4O. The van der Waals surface area contributed by atoms with Gasteiger partial charge in [0.05, 0.1) is 11.9 Å². The molecule has 2 radical (unpaired) electrons. The number of fused-ring (bicyclic) bond motifs is 1. The van der Waals surface area contributed by atoms with E-state index in [0.29, 0.717) is 5.82 Å². The maximum absolute atomic E-state index is 10.6. The molecule has 2 rings (SSSR count). The van der Waals surface area contributed by atoms with E-state index in [-0.39, 0.29) is 5.69 Å². The molecule has 0 unspecified atom stereocenters. The zero-order chi connectivity index (χ0) is 6.97. The van der Waals surface area contributed by atoms with Gasteiger partial charge < -0.3 is 10.6 Å². The van der Waals surface area contributed by atoms with Crippen molar-refractivity contribution in [2.24, 2.45) is 0 Å². The molecule has 0 bridgehead atoms. The molecule has 1 aliphatic rings. The van der Waals surface area contributed by atoms with Crippen LogP contribution in [0.4, 0.5) is 11.5 Å². The van der Waals surface area contributed by atoms with Crippen LogP contribution in [0.1, 0.15) is 0 Å². The van der Waals surface area contributed by atoms with Crippen LogP contribution in [-0.4, -0.2) is 9.97 Å². The maximum atomic E-state index is 10.6. The van der Waals surface area contributed by atoms with Gasteiger partial charge in [-0.2, -0.15) is 4.98 Å². The second-order valence-electron chi connectivity index (χ2n) is 1.85. The van der Waals surface area contributed by atoms with E-state index < -0.39 is 0 Å². The predicted molar refractivity (Wildman–Crippen MR) is 35.3 cm³/mol. The number of nitrogens with zero attached hydrogens (tertiary/aromatic N) is 1. The van der Waals surface area contributed by atoms with Crippen LogP contribution in [0.15, 0.2) is 11.0 Å². The van der Waals surface area contributed by atoms with Crippen molar-refractivity contribution in [1.29, 1.82) is 0 Å². The fraction of sp³-hybridized carbons (Fsp3) is 0. The van der Waals surface area contributed by atoms with Crippen molar-refractivity contribution in [1.82, 2.24) is 9.97 Å². The minimum absolute atomic E-state index is 0.364. The van der Waals surface area contributed by atoms with E-state index in [4.69, 9.17) is 0 Å². The van der Waals surface area contributed by atoms with Gasteiger partial charge in [0, 0.05) is 0 Å². The van der Waals surface area contributed by atoms with E-state index in [0.717, 1.165) is 5.69 Å². The first kappa shape index (κ1) is 5.28. The monoisotopic (exact) mass is 136 g/mol. The average molecular weight is 136 g/mol. The van der Waals surface area contributed by atoms with Gasteiger partial charge in [-0.1, -0.05) is 0 Å². The van der Waals surface area contributed by atoms with Gasteiger partial charge >= 0.3 is 5.69 Å². The summed E-state index contributed by atoms with van der Waals surface area (Å²) in [4.78, 5) is 16.5. The van der Waals surface area contributed by atoms with Gasteiger partial charge in [-0.15, -0.1) is 0 Å². The summed E-state index contributed by atoms with van der Waals surface area (Å²) in [6.07, 6.45) is 1.45. The highest BCUT2D eigenvalue weighted by molar-refractivity contribution is 5.69. The van der Waals surface area contributed by atoms with Gasteiger partial charge in [0.2, 0.25) is 6.67 Å². The van der Waals surface area contributed by atoms with Crippen LogP contribution in [0.2, 0.25) is 0 Å².